The van der Waals surface area contributed by atoms with Crippen LogP contribution in [0.4, 0.5) is 0 Å². The van der Waals surface area contributed by atoms with Gasteiger partial charge in [0.15, 0.2) is 5.78 Å². The molecule has 4 heteroatoms. The van der Waals surface area contributed by atoms with Crippen LogP contribution in [0.1, 0.15) is 44.6 Å². The summed E-state index contributed by atoms with van der Waals surface area (Å²) in [6, 6.07) is 7.47. The van der Waals surface area contributed by atoms with E-state index in [1.807, 2.05) is 24.3 Å². The molecule has 1 aromatic rings. The van der Waals surface area contributed by atoms with Gasteiger partial charge in [0, 0.05) is 42.1 Å². The third-order valence-corrected chi connectivity index (χ3v) is 4.93. The normalized spacial score (nSPS) is 24.5. The van der Waals surface area contributed by atoms with Gasteiger partial charge in [-0.25, -0.2) is 0 Å². The fraction of sp³-hybridized carbons (Fsp3) is 0.444. The van der Waals surface area contributed by atoms with Gasteiger partial charge in [-0.05, 0) is 29.5 Å². The molecule has 0 aromatic heterocycles. The maximum atomic E-state index is 12.7. The molecule has 2 aliphatic rings. The quantitative estimate of drug-likeness (QED) is 0.787. The van der Waals surface area contributed by atoms with Crippen LogP contribution in [0, 0.1) is 5.41 Å². The molecule has 0 unspecified atom stereocenters. The van der Waals surface area contributed by atoms with Crippen molar-refractivity contribution >= 4 is 23.3 Å². The lowest BCUT2D eigenvalue weighted by Gasteiger charge is -2.41. The lowest BCUT2D eigenvalue weighted by molar-refractivity contribution is -0.130. The Hall–Kier alpha value is -1.61. The predicted octanol–water partition coefficient (Wildman–Crippen LogP) is 3.93. The molecular formula is C18H20ClNO2. The number of hydrogen-bond acceptors (Lipinski definition) is 2. The van der Waals surface area contributed by atoms with Gasteiger partial charge in [0.1, 0.15) is 0 Å². The summed E-state index contributed by atoms with van der Waals surface area (Å²) in [6.07, 6.45) is 1.65. The highest BCUT2D eigenvalue weighted by Gasteiger charge is 2.42. The van der Waals surface area contributed by atoms with Crippen LogP contribution in [-0.2, 0) is 9.59 Å². The number of amides is 1. The van der Waals surface area contributed by atoms with Crippen LogP contribution >= 0.6 is 11.6 Å². The van der Waals surface area contributed by atoms with E-state index >= 15 is 0 Å². The van der Waals surface area contributed by atoms with Gasteiger partial charge >= 0.3 is 0 Å². The molecule has 0 saturated heterocycles. The van der Waals surface area contributed by atoms with Crippen LogP contribution in [0.5, 0.6) is 0 Å². The summed E-state index contributed by atoms with van der Waals surface area (Å²) in [5, 5.41) is 0.660. The average molecular weight is 318 g/mol. The number of allylic oxidation sites excluding steroid dienone is 2. The molecule has 116 valence electrons. The fourth-order valence-electron chi connectivity index (χ4n) is 3.54. The van der Waals surface area contributed by atoms with Crippen LogP contribution in [0.15, 0.2) is 35.5 Å². The predicted molar refractivity (Wildman–Crippen MR) is 86.6 cm³/mol. The van der Waals surface area contributed by atoms with Crippen molar-refractivity contribution in [2.45, 2.75) is 39.0 Å². The minimum atomic E-state index is -0.139. The van der Waals surface area contributed by atoms with E-state index in [0.29, 0.717) is 17.9 Å². The third kappa shape index (κ3) is 2.58. The van der Waals surface area contributed by atoms with Gasteiger partial charge in [0.25, 0.3) is 0 Å². The summed E-state index contributed by atoms with van der Waals surface area (Å²) >= 11 is 5.95. The van der Waals surface area contributed by atoms with Gasteiger partial charge < -0.3 is 4.90 Å². The summed E-state index contributed by atoms with van der Waals surface area (Å²) in [5.74, 6) is 0.106. The van der Waals surface area contributed by atoms with Crippen LogP contribution in [0.25, 0.3) is 0 Å². The molecule has 1 aromatic carbocycles. The topological polar surface area (TPSA) is 37.4 Å². The molecule has 0 N–H and O–H groups in total. The van der Waals surface area contributed by atoms with Gasteiger partial charge in [-0.2, -0.15) is 0 Å². The number of halogens is 1. The Labute approximate surface area is 135 Å². The highest BCUT2D eigenvalue weighted by Crippen LogP contribution is 2.46. The molecule has 1 aliphatic heterocycles. The summed E-state index contributed by atoms with van der Waals surface area (Å²) in [6.45, 7) is 4.16. The van der Waals surface area contributed by atoms with Crippen molar-refractivity contribution in [3.8, 4) is 0 Å². The number of hydrogen-bond donors (Lipinski definition) is 0. The molecule has 1 atom stereocenters. The van der Waals surface area contributed by atoms with Crippen molar-refractivity contribution in [2.24, 2.45) is 5.41 Å². The Kier molecular flexibility index (Phi) is 3.64. The zero-order valence-corrected chi connectivity index (χ0v) is 13.9. The van der Waals surface area contributed by atoms with Crippen molar-refractivity contribution in [1.29, 1.82) is 0 Å². The number of carbonyl (C=O) groups is 2. The molecule has 0 radical (unpaired) electrons. The van der Waals surface area contributed by atoms with Crippen LogP contribution in [0.3, 0.4) is 0 Å². The Bertz CT molecular complexity index is 673. The number of benzene rings is 1. The molecule has 0 fully saturated rings. The Morgan fingerprint density at radius 2 is 1.77 bits per heavy atom. The zero-order valence-electron chi connectivity index (χ0n) is 13.1. The standard InChI is InChI=1S/C18H20ClNO2/c1-18(2)9-14-17(15(21)10-18)13(8-16(22)20(14)3)11-4-6-12(19)7-5-11/h4-7,13H,8-10H2,1-3H3/t13-/m0/s1. The second kappa shape index (κ2) is 5.24. The van der Waals surface area contributed by atoms with Crippen molar-refractivity contribution in [3.63, 3.8) is 0 Å². The molecule has 1 aliphatic carbocycles. The number of carbonyl (C=O) groups excluding carboxylic acids is 2. The Morgan fingerprint density at radius 1 is 1.14 bits per heavy atom. The number of Topliss-reactive ketones (excluding diaryl/α,β-unsaturated/α-hetero) is 1. The molecule has 3 rings (SSSR count). The SMILES string of the molecule is CN1C(=O)C[C@@H](c2ccc(Cl)cc2)C2=C1CC(C)(C)CC2=O. The minimum absolute atomic E-state index is 0.0733. The Balaban J connectivity index is 2.11. The van der Waals surface area contributed by atoms with Crippen molar-refractivity contribution < 1.29 is 9.59 Å². The van der Waals surface area contributed by atoms with Crippen molar-refractivity contribution in [2.75, 3.05) is 7.05 Å². The molecule has 0 saturated carbocycles. The molecule has 3 nitrogen and oxygen atoms in total. The van der Waals surface area contributed by atoms with E-state index in [1.54, 1.807) is 11.9 Å². The van der Waals surface area contributed by atoms with Gasteiger partial charge in [0.2, 0.25) is 5.91 Å². The number of ketones is 1. The van der Waals surface area contributed by atoms with Crippen LogP contribution in [0.2, 0.25) is 5.02 Å². The molecule has 1 amide bonds. The lowest BCUT2D eigenvalue weighted by Crippen LogP contribution is -2.41. The number of rotatable bonds is 1. The van der Waals surface area contributed by atoms with E-state index in [1.165, 1.54) is 0 Å². The van der Waals surface area contributed by atoms with E-state index in [0.717, 1.165) is 23.3 Å². The van der Waals surface area contributed by atoms with Crippen LogP contribution in [-0.4, -0.2) is 23.6 Å². The first kappa shape index (κ1) is 15.3. The summed E-state index contributed by atoms with van der Waals surface area (Å²) < 4.78 is 0. The third-order valence-electron chi connectivity index (χ3n) is 4.67. The number of nitrogens with zero attached hydrogens (tertiary/aromatic N) is 1. The molecule has 0 spiro atoms. The van der Waals surface area contributed by atoms with E-state index in [-0.39, 0.29) is 23.0 Å². The highest BCUT2D eigenvalue weighted by atomic mass is 35.5. The second-order valence-corrected chi connectivity index (χ2v) is 7.50. The highest BCUT2D eigenvalue weighted by molar-refractivity contribution is 6.30. The van der Waals surface area contributed by atoms with Crippen LogP contribution < -0.4 is 0 Å². The van der Waals surface area contributed by atoms with E-state index in [4.69, 9.17) is 11.6 Å². The maximum Gasteiger partial charge on any atom is 0.227 e. The van der Waals surface area contributed by atoms with Crippen molar-refractivity contribution in [3.05, 3.63) is 46.1 Å². The lowest BCUT2D eigenvalue weighted by atomic mass is 9.69. The molecular weight excluding hydrogens is 298 g/mol. The smallest absolute Gasteiger partial charge is 0.227 e. The fourth-order valence-corrected chi connectivity index (χ4v) is 3.67. The summed E-state index contributed by atoms with van der Waals surface area (Å²) in [4.78, 5) is 26.8. The molecule has 1 heterocycles. The van der Waals surface area contributed by atoms with Gasteiger partial charge in [-0.3, -0.25) is 9.59 Å². The summed E-state index contributed by atoms with van der Waals surface area (Å²) in [5.41, 5.74) is 2.62. The van der Waals surface area contributed by atoms with Gasteiger partial charge in [-0.15, -0.1) is 0 Å². The second-order valence-electron chi connectivity index (χ2n) is 7.06. The first-order valence-corrected chi connectivity index (χ1v) is 7.94. The van der Waals surface area contributed by atoms with E-state index in [2.05, 4.69) is 13.8 Å². The first-order valence-electron chi connectivity index (χ1n) is 7.57. The monoisotopic (exact) mass is 317 g/mol. The van der Waals surface area contributed by atoms with Gasteiger partial charge in [-0.1, -0.05) is 37.6 Å². The molecule has 22 heavy (non-hydrogen) atoms. The maximum absolute atomic E-state index is 12.7. The zero-order chi connectivity index (χ0) is 16.1. The van der Waals surface area contributed by atoms with E-state index in [9.17, 15) is 9.59 Å². The van der Waals surface area contributed by atoms with Gasteiger partial charge in [0.05, 0.1) is 0 Å². The minimum Gasteiger partial charge on any atom is -0.319 e. The van der Waals surface area contributed by atoms with Crippen molar-refractivity contribution in [1.82, 2.24) is 4.90 Å². The van der Waals surface area contributed by atoms with E-state index < -0.39 is 0 Å². The first-order chi connectivity index (χ1) is 10.3. The molecule has 0 bridgehead atoms. The average Bonchev–Trinajstić information content (AvgIpc) is 2.43. The Morgan fingerprint density at radius 3 is 2.41 bits per heavy atom. The summed E-state index contributed by atoms with van der Waals surface area (Å²) in [7, 11) is 1.78. The largest absolute Gasteiger partial charge is 0.319 e.